The van der Waals surface area contributed by atoms with Crippen molar-refractivity contribution < 1.29 is 19.2 Å². The van der Waals surface area contributed by atoms with Crippen LogP contribution in [0.5, 0.6) is 0 Å². The Morgan fingerprint density at radius 1 is 1.38 bits per heavy atom. The summed E-state index contributed by atoms with van der Waals surface area (Å²) in [7, 11) is -1.79. The van der Waals surface area contributed by atoms with Gasteiger partial charge in [-0.15, -0.1) is 0 Å². The number of nitrogens with zero attached hydrogens (tertiary/aromatic N) is 1. The Hall–Kier alpha value is -0.975. The molecular weight excluding hydrogens is 212 g/mol. The molecule has 0 aromatic carbocycles. The Labute approximate surface area is 93.2 Å². The summed E-state index contributed by atoms with van der Waals surface area (Å²) in [6.07, 6.45) is 2.71. The number of ether oxygens (including phenoxy) is 1. The topological polar surface area (TPSA) is 62.6 Å². The molecule has 16 heavy (non-hydrogen) atoms. The van der Waals surface area contributed by atoms with E-state index in [0.717, 1.165) is 19.0 Å². The van der Waals surface area contributed by atoms with Crippen molar-refractivity contribution in [2.45, 2.75) is 18.8 Å². The van der Waals surface area contributed by atoms with Gasteiger partial charge in [-0.2, -0.15) is 0 Å². The van der Waals surface area contributed by atoms with E-state index in [-0.39, 0.29) is 11.4 Å². The van der Waals surface area contributed by atoms with Crippen LogP contribution in [0.1, 0.15) is 24.5 Å². The third-order valence-corrected chi connectivity index (χ3v) is 2.82. The lowest BCUT2D eigenvalue weighted by atomic mass is 9.79. The smallest absolute Gasteiger partial charge is 0.423 e. The van der Waals surface area contributed by atoms with Gasteiger partial charge in [0.1, 0.15) is 5.82 Å². The van der Waals surface area contributed by atoms with Crippen molar-refractivity contribution >= 4 is 12.6 Å². The molecule has 0 radical (unpaired) electrons. The second-order valence-electron chi connectivity index (χ2n) is 3.89. The van der Waals surface area contributed by atoms with Crippen molar-refractivity contribution in [2.24, 2.45) is 0 Å². The Bertz CT molecular complexity index is 369. The summed E-state index contributed by atoms with van der Waals surface area (Å²) >= 11 is 0. The third kappa shape index (κ3) is 2.40. The van der Waals surface area contributed by atoms with Gasteiger partial charge in [-0.05, 0) is 18.9 Å². The molecule has 0 unspecified atom stereocenters. The second kappa shape index (κ2) is 4.90. The zero-order chi connectivity index (χ0) is 11.5. The van der Waals surface area contributed by atoms with Gasteiger partial charge in [-0.1, -0.05) is 0 Å². The summed E-state index contributed by atoms with van der Waals surface area (Å²) in [5.74, 6) is -0.474. The van der Waals surface area contributed by atoms with Crippen LogP contribution in [-0.4, -0.2) is 35.4 Å². The first-order valence-electron chi connectivity index (χ1n) is 5.27. The Balaban J connectivity index is 2.24. The molecular formula is C10H13BFNO3. The molecule has 0 saturated carbocycles. The Kier molecular flexibility index (Phi) is 3.53. The van der Waals surface area contributed by atoms with Gasteiger partial charge in [0, 0.05) is 30.3 Å². The summed E-state index contributed by atoms with van der Waals surface area (Å²) in [5.41, 5.74) is 0.587. The Morgan fingerprint density at radius 2 is 2.06 bits per heavy atom. The minimum Gasteiger partial charge on any atom is -0.423 e. The third-order valence-electron chi connectivity index (χ3n) is 2.82. The molecule has 1 aliphatic rings. The number of hydrogen-bond acceptors (Lipinski definition) is 4. The predicted molar refractivity (Wildman–Crippen MR) is 56.8 cm³/mol. The minimum absolute atomic E-state index is 0.114. The summed E-state index contributed by atoms with van der Waals surface area (Å²) in [6.45, 7) is 1.33. The highest BCUT2D eigenvalue weighted by molar-refractivity contribution is 6.58. The van der Waals surface area contributed by atoms with Crippen LogP contribution < -0.4 is 5.46 Å². The quantitative estimate of drug-likeness (QED) is 0.684. The fourth-order valence-corrected chi connectivity index (χ4v) is 1.89. The predicted octanol–water partition coefficient (Wildman–Crippen LogP) is -0.206. The van der Waals surface area contributed by atoms with Crippen molar-refractivity contribution in [1.82, 2.24) is 4.98 Å². The van der Waals surface area contributed by atoms with E-state index in [2.05, 4.69) is 4.98 Å². The highest BCUT2D eigenvalue weighted by Gasteiger charge is 2.22. The average Bonchev–Trinajstić information content (AvgIpc) is 2.30. The van der Waals surface area contributed by atoms with Crippen LogP contribution in [0.4, 0.5) is 4.39 Å². The summed E-state index contributed by atoms with van der Waals surface area (Å²) < 4.78 is 18.4. The van der Waals surface area contributed by atoms with E-state index >= 15 is 0 Å². The lowest BCUT2D eigenvalue weighted by Gasteiger charge is -2.21. The van der Waals surface area contributed by atoms with Crippen molar-refractivity contribution in [3.63, 3.8) is 0 Å². The summed E-state index contributed by atoms with van der Waals surface area (Å²) in [5, 5.41) is 18.0. The van der Waals surface area contributed by atoms with Gasteiger partial charge in [0.15, 0.2) is 0 Å². The molecule has 0 spiro atoms. The lowest BCUT2D eigenvalue weighted by Crippen LogP contribution is -2.34. The van der Waals surface area contributed by atoms with E-state index in [1.165, 1.54) is 6.07 Å². The molecule has 0 bridgehead atoms. The van der Waals surface area contributed by atoms with Gasteiger partial charge in [-0.3, -0.25) is 4.98 Å². The maximum Gasteiger partial charge on any atom is 0.491 e. The molecule has 4 nitrogen and oxygen atoms in total. The molecule has 2 heterocycles. The van der Waals surface area contributed by atoms with E-state index in [9.17, 15) is 4.39 Å². The first-order valence-corrected chi connectivity index (χ1v) is 5.27. The molecule has 1 fully saturated rings. The van der Waals surface area contributed by atoms with Gasteiger partial charge < -0.3 is 14.8 Å². The Morgan fingerprint density at radius 3 is 2.69 bits per heavy atom. The van der Waals surface area contributed by atoms with E-state index < -0.39 is 12.9 Å². The molecule has 1 aromatic heterocycles. The van der Waals surface area contributed by atoms with E-state index in [4.69, 9.17) is 14.8 Å². The van der Waals surface area contributed by atoms with Gasteiger partial charge in [0.25, 0.3) is 0 Å². The SMILES string of the molecule is OB(O)c1cc(C2CCOCC2)ncc1F. The minimum atomic E-state index is -1.79. The molecule has 1 saturated heterocycles. The van der Waals surface area contributed by atoms with Crippen molar-refractivity contribution in [3.05, 3.63) is 23.8 Å². The van der Waals surface area contributed by atoms with Crippen molar-refractivity contribution in [1.29, 1.82) is 0 Å². The molecule has 2 rings (SSSR count). The van der Waals surface area contributed by atoms with Crippen LogP contribution in [-0.2, 0) is 4.74 Å². The van der Waals surface area contributed by atoms with Crippen LogP contribution in [0.3, 0.4) is 0 Å². The van der Waals surface area contributed by atoms with Crippen LogP contribution >= 0.6 is 0 Å². The fraction of sp³-hybridized carbons (Fsp3) is 0.500. The normalized spacial score (nSPS) is 17.4. The van der Waals surface area contributed by atoms with E-state index in [1.807, 2.05) is 0 Å². The lowest BCUT2D eigenvalue weighted by molar-refractivity contribution is 0.0845. The number of halogens is 1. The molecule has 1 aliphatic heterocycles. The largest absolute Gasteiger partial charge is 0.491 e. The molecule has 6 heteroatoms. The van der Waals surface area contributed by atoms with Gasteiger partial charge in [0.05, 0.1) is 6.20 Å². The van der Waals surface area contributed by atoms with Crippen LogP contribution in [0.15, 0.2) is 12.3 Å². The summed E-state index contributed by atoms with van der Waals surface area (Å²) in [4.78, 5) is 3.99. The fourth-order valence-electron chi connectivity index (χ4n) is 1.89. The molecule has 0 aliphatic carbocycles. The monoisotopic (exact) mass is 225 g/mol. The molecule has 86 valence electrons. The van der Waals surface area contributed by atoms with Gasteiger partial charge in [-0.25, -0.2) is 4.39 Å². The molecule has 0 amide bonds. The van der Waals surface area contributed by atoms with Gasteiger partial charge in [0.2, 0.25) is 0 Å². The number of aromatic nitrogens is 1. The molecule has 2 N–H and O–H groups in total. The maximum absolute atomic E-state index is 13.2. The number of rotatable bonds is 2. The van der Waals surface area contributed by atoms with Gasteiger partial charge >= 0.3 is 7.12 Å². The van der Waals surface area contributed by atoms with Crippen molar-refractivity contribution in [3.8, 4) is 0 Å². The van der Waals surface area contributed by atoms with Crippen LogP contribution in [0.2, 0.25) is 0 Å². The van der Waals surface area contributed by atoms with E-state index in [1.54, 1.807) is 0 Å². The highest BCUT2D eigenvalue weighted by atomic mass is 19.1. The average molecular weight is 225 g/mol. The summed E-state index contributed by atoms with van der Waals surface area (Å²) in [6, 6.07) is 1.43. The standard InChI is InChI=1S/C10H13BFNO3/c12-9-6-13-10(5-8(9)11(14)15)7-1-3-16-4-2-7/h5-7,14-15H,1-4H2. The first kappa shape index (κ1) is 11.5. The maximum atomic E-state index is 13.2. The first-order chi connectivity index (χ1) is 7.68. The molecule has 1 aromatic rings. The number of hydrogen-bond donors (Lipinski definition) is 2. The second-order valence-corrected chi connectivity index (χ2v) is 3.89. The highest BCUT2D eigenvalue weighted by Crippen LogP contribution is 2.24. The van der Waals surface area contributed by atoms with E-state index in [0.29, 0.717) is 18.9 Å². The molecule has 0 atom stereocenters. The zero-order valence-electron chi connectivity index (χ0n) is 8.77. The number of pyridine rings is 1. The van der Waals surface area contributed by atoms with Crippen molar-refractivity contribution in [2.75, 3.05) is 13.2 Å². The van der Waals surface area contributed by atoms with Crippen LogP contribution in [0, 0.1) is 5.82 Å². The zero-order valence-corrected chi connectivity index (χ0v) is 8.77. The van der Waals surface area contributed by atoms with Crippen LogP contribution in [0.25, 0.3) is 0 Å².